The van der Waals surface area contributed by atoms with Gasteiger partial charge >= 0.3 is 18.0 Å². The van der Waals surface area contributed by atoms with Crippen molar-refractivity contribution in [1.82, 2.24) is 10.2 Å². The molecule has 0 fully saturated rings. The summed E-state index contributed by atoms with van der Waals surface area (Å²) in [4.78, 5) is 75.3. The second-order valence-electron chi connectivity index (χ2n) is 9.08. The van der Waals surface area contributed by atoms with Gasteiger partial charge in [0.1, 0.15) is 13.2 Å². The molecule has 0 aliphatic carbocycles. The highest BCUT2D eigenvalue weighted by molar-refractivity contribution is 6.22. The highest BCUT2D eigenvalue weighted by Gasteiger charge is 2.47. The molecule has 2 aromatic carbocycles. The number of imide groups is 1. The van der Waals surface area contributed by atoms with E-state index in [1.807, 2.05) is 0 Å². The second-order valence-corrected chi connectivity index (χ2v) is 9.08. The standard InChI is InChI=1S/C28H29N3O11/c1-5-14-40-26(34)22(29-28(36)41-15-18-10-12-19(13-11-18)31(37)38)16(2)42-17(3)23(27(35)39-4)30-24(32)20-8-6-7-9-21(20)25(30)33/h5-13,16-17,22-23H,1,14-15H2,2-4H3,(H,29,36)/t16-,17-,22+,23+/m0/s1. The smallest absolute Gasteiger partial charge is 0.408 e. The number of non-ortho nitro benzene ring substituents is 1. The summed E-state index contributed by atoms with van der Waals surface area (Å²) in [6.07, 6.45) is -2.11. The molecule has 1 heterocycles. The summed E-state index contributed by atoms with van der Waals surface area (Å²) in [6, 6.07) is 8.38. The van der Waals surface area contributed by atoms with Gasteiger partial charge in [-0.15, -0.1) is 0 Å². The monoisotopic (exact) mass is 583 g/mol. The summed E-state index contributed by atoms with van der Waals surface area (Å²) in [6.45, 7) is 5.83. The van der Waals surface area contributed by atoms with Crippen molar-refractivity contribution in [1.29, 1.82) is 0 Å². The summed E-state index contributed by atoms with van der Waals surface area (Å²) in [5.41, 5.74) is 0.529. The lowest BCUT2D eigenvalue weighted by Gasteiger charge is -2.32. The molecule has 1 aliphatic heterocycles. The van der Waals surface area contributed by atoms with Crippen LogP contribution < -0.4 is 5.32 Å². The number of benzene rings is 2. The zero-order chi connectivity index (χ0) is 31.0. The van der Waals surface area contributed by atoms with Crippen molar-refractivity contribution in [3.05, 3.63) is 88.0 Å². The number of nitrogens with zero attached hydrogens (tertiary/aromatic N) is 2. The molecule has 0 bridgehead atoms. The van der Waals surface area contributed by atoms with Crippen molar-refractivity contribution < 1.29 is 47.8 Å². The van der Waals surface area contributed by atoms with E-state index in [4.69, 9.17) is 18.9 Å². The molecular formula is C28H29N3O11. The number of nitro benzene ring substituents is 1. The minimum atomic E-state index is -1.52. The highest BCUT2D eigenvalue weighted by atomic mass is 16.6. The molecular weight excluding hydrogens is 554 g/mol. The third kappa shape index (κ3) is 7.14. The van der Waals surface area contributed by atoms with Crippen molar-refractivity contribution in [2.45, 2.75) is 44.7 Å². The number of alkyl carbamates (subject to hydrolysis) is 1. The Morgan fingerprint density at radius 1 is 0.976 bits per heavy atom. The maximum atomic E-state index is 13.1. The second kappa shape index (κ2) is 14.0. The predicted molar refractivity (Wildman–Crippen MR) is 144 cm³/mol. The lowest BCUT2D eigenvalue weighted by atomic mass is 10.1. The van der Waals surface area contributed by atoms with Crippen LogP contribution in [0.3, 0.4) is 0 Å². The van der Waals surface area contributed by atoms with E-state index in [0.29, 0.717) is 5.56 Å². The first-order valence-corrected chi connectivity index (χ1v) is 12.6. The minimum Gasteiger partial charge on any atom is -0.467 e. The lowest BCUT2D eigenvalue weighted by Crippen LogP contribution is -2.55. The molecule has 222 valence electrons. The number of carbonyl (C=O) groups is 5. The van der Waals surface area contributed by atoms with Gasteiger partial charge in [0, 0.05) is 12.1 Å². The predicted octanol–water partition coefficient (Wildman–Crippen LogP) is 2.55. The van der Waals surface area contributed by atoms with Gasteiger partial charge in [0.15, 0.2) is 12.1 Å². The van der Waals surface area contributed by atoms with Gasteiger partial charge in [0.25, 0.3) is 17.5 Å². The average Bonchev–Trinajstić information content (AvgIpc) is 3.23. The van der Waals surface area contributed by atoms with Crippen LogP contribution in [0.25, 0.3) is 0 Å². The molecule has 4 atom stereocenters. The normalized spacial score (nSPS) is 15.1. The summed E-state index contributed by atoms with van der Waals surface area (Å²) < 4.78 is 21.0. The number of esters is 2. The van der Waals surface area contributed by atoms with Crippen LogP contribution in [0.5, 0.6) is 0 Å². The minimum absolute atomic E-state index is 0.111. The van der Waals surface area contributed by atoms with E-state index in [-0.39, 0.29) is 30.0 Å². The van der Waals surface area contributed by atoms with E-state index in [2.05, 4.69) is 11.9 Å². The fourth-order valence-corrected chi connectivity index (χ4v) is 4.21. The number of ether oxygens (including phenoxy) is 4. The van der Waals surface area contributed by atoms with Crippen LogP contribution >= 0.6 is 0 Å². The van der Waals surface area contributed by atoms with Crippen molar-refractivity contribution in [3.8, 4) is 0 Å². The van der Waals surface area contributed by atoms with Crippen molar-refractivity contribution in [2.24, 2.45) is 0 Å². The number of hydrogen-bond donors (Lipinski definition) is 1. The molecule has 0 saturated heterocycles. The summed E-state index contributed by atoms with van der Waals surface area (Å²) in [5, 5.41) is 13.2. The summed E-state index contributed by atoms with van der Waals surface area (Å²) >= 11 is 0. The molecule has 3 amide bonds. The average molecular weight is 584 g/mol. The van der Waals surface area contributed by atoms with Gasteiger partial charge in [0.2, 0.25) is 0 Å². The molecule has 0 radical (unpaired) electrons. The van der Waals surface area contributed by atoms with Gasteiger partial charge in [0.05, 0.1) is 35.4 Å². The first kappa shape index (κ1) is 31.4. The Morgan fingerprint density at radius 3 is 2.10 bits per heavy atom. The molecule has 1 N–H and O–H groups in total. The van der Waals surface area contributed by atoms with Crippen LogP contribution in [0, 0.1) is 10.1 Å². The van der Waals surface area contributed by atoms with Crippen LogP contribution in [-0.4, -0.2) is 77.7 Å². The van der Waals surface area contributed by atoms with Crippen LogP contribution in [-0.2, 0) is 35.1 Å². The fourth-order valence-electron chi connectivity index (χ4n) is 4.21. The SMILES string of the molecule is C=CCOC(=O)[C@H](NC(=O)OCc1ccc([N+](=O)[O-])cc1)[C@H](C)O[C@@H](C)[C@H](C(=O)OC)N1C(=O)c2ccccc2C1=O. The topological polar surface area (TPSA) is 181 Å². The largest absolute Gasteiger partial charge is 0.467 e. The van der Waals surface area contributed by atoms with Gasteiger partial charge in [-0.05, 0) is 43.7 Å². The van der Waals surface area contributed by atoms with Gasteiger partial charge in [-0.3, -0.25) is 24.6 Å². The summed E-state index contributed by atoms with van der Waals surface area (Å²) in [5.74, 6) is -3.30. The third-order valence-electron chi connectivity index (χ3n) is 6.28. The van der Waals surface area contributed by atoms with E-state index >= 15 is 0 Å². The molecule has 2 aromatic rings. The van der Waals surface area contributed by atoms with E-state index in [0.717, 1.165) is 12.0 Å². The zero-order valence-corrected chi connectivity index (χ0v) is 23.0. The number of nitrogens with one attached hydrogen (secondary N) is 1. The van der Waals surface area contributed by atoms with Crippen molar-refractivity contribution >= 4 is 35.5 Å². The molecule has 1 aliphatic rings. The molecule has 0 spiro atoms. The number of nitro groups is 1. The van der Waals surface area contributed by atoms with Gasteiger partial charge in [-0.2, -0.15) is 0 Å². The number of carbonyl (C=O) groups excluding carboxylic acids is 5. The third-order valence-corrected chi connectivity index (χ3v) is 6.28. The highest BCUT2D eigenvalue weighted by Crippen LogP contribution is 2.27. The number of hydrogen-bond acceptors (Lipinski definition) is 11. The van der Waals surface area contributed by atoms with Gasteiger partial charge < -0.3 is 24.3 Å². The number of amides is 3. The number of methoxy groups -OCH3 is 1. The number of fused-ring (bicyclic) bond motifs is 1. The summed E-state index contributed by atoms with van der Waals surface area (Å²) in [7, 11) is 1.08. The molecule has 42 heavy (non-hydrogen) atoms. The Balaban J connectivity index is 1.75. The Bertz CT molecular complexity index is 1340. The van der Waals surface area contributed by atoms with E-state index in [1.165, 1.54) is 56.3 Å². The fraction of sp³-hybridized carbons (Fsp3) is 0.321. The van der Waals surface area contributed by atoms with Crippen LogP contribution in [0.4, 0.5) is 10.5 Å². The Morgan fingerprint density at radius 2 is 1.57 bits per heavy atom. The molecule has 0 aromatic heterocycles. The first-order chi connectivity index (χ1) is 20.0. The first-order valence-electron chi connectivity index (χ1n) is 12.6. The molecule has 3 rings (SSSR count). The molecule has 14 nitrogen and oxygen atoms in total. The molecule has 0 unspecified atom stereocenters. The molecule has 0 saturated carbocycles. The van der Waals surface area contributed by atoms with Crippen molar-refractivity contribution in [3.63, 3.8) is 0 Å². The Labute approximate surface area is 240 Å². The molecule has 14 heteroatoms. The Kier molecular flexibility index (Phi) is 10.5. The van der Waals surface area contributed by atoms with E-state index in [9.17, 15) is 34.1 Å². The van der Waals surface area contributed by atoms with E-state index < -0.39 is 59.1 Å². The van der Waals surface area contributed by atoms with Crippen LogP contribution in [0.2, 0.25) is 0 Å². The van der Waals surface area contributed by atoms with Crippen molar-refractivity contribution in [2.75, 3.05) is 13.7 Å². The number of rotatable bonds is 13. The van der Waals surface area contributed by atoms with Gasteiger partial charge in [-0.25, -0.2) is 14.4 Å². The van der Waals surface area contributed by atoms with Gasteiger partial charge in [-0.1, -0.05) is 24.8 Å². The van der Waals surface area contributed by atoms with Crippen LogP contribution in [0.15, 0.2) is 61.2 Å². The lowest BCUT2D eigenvalue weighted by molar-refractivity contribution is -0.384. The van der Waals surface area contributed by atoms with Crippen LogP contribution in [0.1, 0.15) is 40.1 Å². The maximum Gasteiger partial charge on any atom is 0.408 e. The quantitative estimate of drug-likeness (QED) is 0.0914. The maximum absolute atomic E-state index is 13.1. The van der Waals surface area contributed by atoms with E-state index in [1.54, 1.807) is 12.1 Å². The Hall–Kier alpha value is -5.11. The zero-order valence-electron chi connectivity index (χ0n) is 23.0.